The van der Waals surface area contributed by atoms with E-state index in [9.17, 15) is 19.9 Å². The number of rotatable bonds is 19. The standard InChI is InChI=1S/C17H41B4N5O4/c1-19(28)23-10-12-25(17(18)27)14-16(8-6-4-5-7-9-22)15-26(21(3)30)13-11-24-20(2)29/h16,23-24,28-30H,4-15,22H2,1-3H3. The summed E-state index contributed by atoms with van der Waals surface area (Å²) in [7, 11) is 3.69. The predicted molar refractivity (Wildman–Crippen MR) is 127 cm³/mol. The molecule has 0 fully saturated rings. The first-order valence-corrected chi connectivity index (χ1v) is 11.2. The normalized spacial score (nSPS) is 12.1. The maximum atomic E-state index is 11.9. The molecule has 0 aliphatic heterocycles. The molecule has 0 bridgehead atoms. The van der Waals surface area contributed by atoms with E-state index in [4.69, 9.17) is 13.6 Å². The van der Waals surface area contributed by atoms with Gasteiger partial charge in [-0.2, -0.15) is 0 Å². The van der Waals surface area contributed by atoms with Gasteiger partial charge in [0.1, 0.15) is 0 Å². The molecule has 0 aliphatic rings. The van der Waals surface area contributed by atoms with E-state index >= 15 is 0 Å². The molecule has 170 valence electrons. The SMILES string of the molecule is [B]C(=O)N(CCNB(C)O)CC(CCCCCCN)CN(CCNB(C)O)B(C)O. The zero-order valence-corrected chi connectivity index (χ0v) is 19.1. The Labute approximate surface area is 185 Å². The molecule has 1 amide bonds. The van der Waals surface area contributed by atoms with Crippen LogP contribution < -0.4 is 16.2 Å². The fourth-order valence-corrected chi connectivity index (χ4v) is 3.36. The lowest BCUT2D eigenvalue weighted by molar-refractivity contribution is 0.197. The Kier molecular flexibility index (Phi) is 17.7. The summed E-state index contributed by atoms with van der Waals surface area (Å²) in [5, 5.41) is 34.8. The Balaban J connectivity index is 4.94. The molecule has 9 nitrogen and oxygen atoms in total. The quantitative estimate of drug-likeness (QED) is 0.114. The minimum Gasteiger partial charge on any atom is -0.437 e. The first-order valence-electron chi connectivity index (χ1n) is 11.2. The van der Waals surface area contributed by atoms with Crippen LogP contribution in [-0.2, 0) is 0 Å². The molecule has 13 heteroatoms. The number of carbonyl (C=O) groups is 1. The van der Waals surface area contributed by atoms with E-state index in [1.165, 1.54) is 0 Å². The van der Waals surface area contributed by atoms with E-state index in [0.29, 0.717) is 45.8 Å². The number of amides is 1. The summed E-state index contributed by atoms with van der Waals surface area (Å²) in [5.74, 6) is -0.349. The van der Waals surface area contributed by atoms with Crippen molar-refractivity contribution in [1.29, 1.82) is 0 Å². The lowest BCUT2D eigenvalue weighted by atomic mass is 9.82. The lowest BCUT2D eigenvalue weighted by Crippen LogP contribution is -2.48. The number of carbonyl (C=O) groups excluding carboxylic acids is 1. The van der Waals surface area contributed by atoms with Crippen molar-refractivity contribution in [3.63, 3.8) is 0 Å². The van der Waals surface area contributed by atoms with E-state index < -0.39 is 27.0 Å². The Bertz CT molecular complexity index is 439. The average Bonchev–Trinajstić information content (AvgIpc) is 2.64. The van der Waals surface area contributed by atoms with Crippen molar-refractivity contribution in [2.24, 2.45) is 11.7 Å². The molecular weight excluding hydrogens is 381 g/mol. The molecule has 0 aliphatic carbocycles. The fraction of sp³-hybridized carbons (Fsp3) is 0.941. The summed E-state index contributed by atoms with van der Waals surface area (Å²) in [6, 6.07) is 0. The second-order valence-electron chi connectivity index (χ2n) is 8.03. The van der Waals surface area contributed by atoms with Gasteiger partial charge >= 0.3 is 21.2 Å². The summed E-state index contributed by atoms with van der Waals surface area (Å²) < 4.78 is 0. The molecule has 0 spiro atoms. The van der Waals surface area contributed by atoms with Crippen LogP contribution in [0.5, 0.6) is 0 Å². The summed E-state index contributed by atoms with van der Waals surface area (Å²) in [5.41, 5.74) is 5.56. The molecule has 1 unspecified atom stereocenters. The van der Waals surface area contributed by atoms with Gasteiger partial charge in [-0.3, -0.25) is 4.79 Å². The minimum atomic E-state index is -0.648. The predicted octanol–water partition coefficient (Wildman–Crippen LogP) is -1.09. The Morgan fingerprint density at radius 1 is 0.967 bits per heavy atom. The van der Waals surface area contributed by atoms with Gasteiger partial charge < -0.3 is 41.0 Å². The van der Waals surface area contributed by atoms with Crippen molar-refractivity contribution in [3.05, 3.63) is 0 Å². The van der Waals surface area contributed by atoms with Crippen LogP contribution >= 0.6 is 0 Å². The maximum Gasteiger partial charge on any atom is 0.376 e. The van der Waals surface area contributed by atoms with E-state index in [1.807, 2.05) is 4.81 Å². The summed E-state index contributed by atoms with van der Waals surface area (Å²) >= 11 is 0. The van der Waals surface area contributed by atoms with Gasteiger partial charge in [0.05, 0.1) is 0 Å². The average molecular weight is 423 g/mol. The van der Waals surface area contributed by atoms with E-state index in [-0.39, 0.29) is 5.92 Å². The molecule has 30 heavy (non-hydrogen) atoms. The molecular formula is C17H41B4N5O4. The van der Waals surface area contributed by atoms with Crippen LogP contribution in [0.25, 0.3) is 0 Å². The molecule has 0 aromatic rings. The summed E-state index contributed by atoms with van der Waals surface area (Å²) in [6.07, 6.45) is 5.09. The zero-order chi connectivity index (χ0) is 22.9. The number of nitrogens with two attached hydrogens (primary N) is 1. The lowest BCUT2D eigenvalue weighted by Gasteiger charge is -2.32. The van der Waals surface area contributed by atoms with Crippen LogP contribution in [0.1, 0.15) is 32.1 Å². The van der Waals surface area contributed by atoms with Crippen molar-refractivity contribution < 1.29 is 19.9 Å². The molecule has 0 rings (SSSR count). The number of nitrogens with zero attached hydrogens (tertiary/aromatic N) is 2. The fourth-order valence-electron chi connectivity index (χ4n) is 3.36. The molecule has 0 heterocycles. The number of nitrogens with one attached hydrogen (secondary N) is 2. The van der Waals surface area contributed by atoms with Crippen molar-refractivity contribution in [2.45, 2.75) is 52.6 Å². The topological polar surface area (TPSA) is 134 Å². The van der Waals surface area contributed by atoms with Gasteiger partial charge in [0.2, 0.25) is 7.85 Å². The first-order chi connectivity index (χ1) is 14.2. The van der Waals surface area contributed by atoms with E-state index in [1.54, 1.807) is 25.4 Å². The van der Waals surface area contributed by atoms with Gasteiger partial charge in [0, 0.05) is 26.2 Å². The molecule has 7 N–H and O–H groups in total. The Morgan fingerprint density at radius 3 is 2.03 bits per heavy atom. The van der Waals surface area contributed by atoms with Crippen LogP contribution in [0.4, 0.5) is 4.79 Å². The largest absolute Gasteiger partial charge is 0.437 e. The molecule has 1 atom stereocenters. The van der Waals surface area contributed by atoms with Crippen LogP contribution in [-0.4, -0.2) is 105 Å². The van der Waals surface area contributed by atoms with Gasteiger partial charge in [-0.25, -0.2) is 0 Å². The van der Waals surface area contributed by atoms with Crippen LogP contribution in [0.3, 0.4) is 0 Å². The van der Waals surface area contributed by atoms with Gasteiger partial charge in [0.15, 0.2) is 5.81 Å². The first kappa shape index (κ1) is 29.4. The highest BCUT2D eigenvalue weighted by molar-refractivity contribution is 6.56. The number of hydrogen-bond acceptors (Lipinski definition) is 8. The third-order valence-corrected chi connectivity index (χ3v) is 5.04. The summed E-state index contributed by atoms with van der Waals surface area (Å²) in [4.78, 5) is 15.5. The highest BCUT2D eigenvalue weighted by atomic mass is 16.2. The molecule has 0 saturated carbocycles. The van der Waals surface area contributed by atoms with E-state index in [2.05, 4.69) is 10.5 Å². The van der Waals surface area contributed by atoms with Gasteiger partial charge in [-0.15, -0.1) is 0 Å². The van der Waals surface area contributed by atoms with Crippen LogP contribution in [0.2, 0.25) is 20.5 Å². The highest BCUT2D eigenvalue weighted by Crippen LogP contribution is 2.15. The van der Waals surface area contributed by atoms with Crippen LogP contribution in [0.15, 0.2) is 0 Å². The Morgan fingerprint density at radius 2 is 1.53 bits per heavy atom. The minimum absolute atomic E-state index is 0.142. The van der Waals surface area contributed by atoms with Gasteiger partial charge in [0.25, 0.3) is 0 Å². The summed E-state index contributed by atoms with van der Waals surface area (Å²) in [6.45, 7) is 8.77. The molecule has 0 saturated heterocycles. The van der Waals surface area contributed by atoms with Gasteiger partial charge in [-0.1, -0.05) is 19.3 Å². The number of hydrogen-bond donors (Lipinski definition) is 6. The monoisotopic (exact) mass is 423 g/mol. The van der Waals surface area contributed by atoms with Crippen molar-refractivity contribution in [3.8, 4) is 0 Å². The van der Waals surface area contributed by atoms with Crippen molar-refractivity contribution >= 4 is 34.8 Å². The Hall–Kier alpha value is -0.550. The smallest absolute Gasteiger partial charge is 0.376 e. The molecule has 0 aromatic heterocycles. The highest BCUT2D eigenvalue weighted by Gasteiger charge is 2.23. The van der Waals surface area contributed by atoms with Gasteiger partial charge in [-0.05, 0) is 58.9 Å². The molecule has 2 radical (unpaired) electrons. The third kappa shape index (κ3) is 16.2. The second-order valence-corrected chi connectivity index (χ2v) is 8.03. The second kappa shape index (κ2) is 18.1. The zero-order valence-electron chi connectivity index (χ0n) is 19.1. The van der Waals surface area contributed by atoms with Crippen LogP contribution in [0, 0.1) is 5.92 Å². The van der Waals surface area contributed by atoms with Crippen molar-refractivity contribution in [1.82, 2.24) is 20.2 Å². The number of unbranched alkanes of at least 4 members (excludes halogenated alkanes) is 3. The maximum absolute atomic E-state index is 11.9. The molecule has 0 aromatic carbocycles. The van der Waals surface area contributed by atoms with E-state index in [0.717, 1.165) is 32.1 Å². The van der Waals surface area contributed by atoms with Crippen molar-refractivity contribution in [2.75, 3.05) is 45.8 Å². The third-order valence-electron chi connectivity index (χ3n) is 5.04.